The Morgan fingerprint density at radius 1 is 1.03 bits per heavy atom. The molecule has 13 heteroatoms. The van der Waals surface area contributed by atoms with Gasteiger partial charge in [0.05, 0.1) is 10.3 Å². The molecule has 0 aliphatic carbocycles. The fourth-order valence-corrected chi connectivity index (χ4v) is 5.71. The van der Waals surface area contributed by atoms with Crippen LogP contribution in [-0.4, -0.2) is 48.9 Å². The second-order valence-corrected chi connectivity index (χ2v) is 10.7. The maximum absolute atomic E-state index is 12.8. The van der Waals surface area contributed by atoms with Gasteiger partial charge in [-0.2, -0.15) is 0 Å². The summed E-state index contributed by atoms with van der Waals surface area (Å²) in [6, 6.07) is 13.2. The van der Waals surface area contributed by atoms with Crippen molar-refractivity contribution in [3.05, 3.63) is 65.9 Å². The van der Waals surface area contributed by atoms with E-state index in [1.165, 1.54) is 6.33 Å². The number of ether oxygens (including phenoxy) is 1. The van der Waals surface area contributed by atoms with Crippen LogP contribution in [0.4, 0.5) is 19.0 Å². The Hall–Kier alpha value is -3.35. The Bertz CT molecular complexity index is 1500. The zero-order valence-electron chi connectivity index (χ0n) is 19.2. The summed E-state index contributed by atoms with van der Waals surface area (Å²) in [6.45, 7) is 1.11. The number of H-pyrrole nitrogens is 1. The number of aromatic nitrogens is 3. The second-order valence-electron chi connectivity index (χ2n) is 8.55. The molecule has 37 heavy (non-hydrogen) atoms. The van der Waals surface area contributed by atoms with Crippen LogP contribution in [0.3, 0.4) is 0 Å². The lowest BCUT2D eigenvalue weighted by Crippen LogP contribution is -2.44. The highest BCUT2D eigenvalue weighted by atomic mass is 35.5. The van der Waals surface area contributed by atoms with E-state index >= 15 is 0 Å². The zero-order valence-corrected chi connectivity index (χ0v) is 20.7. The van der Waals surface area contributed by atoms with E-state index in [1.54, 1.807) is 0 Å². The predicted molar refractivity (Wildman–Crippen MR) is 133 cm³/mol. The first kappa shape index (κ1) is 25.3. The molecule has 1 saturated heterocycles. The molecule has 1 aliphatic rings. The minimum atomic E-state index is -4.85. The van der Waals surface area contributed by atoms with E-state index in [0.29, 0.717) is 36.6 Å². The molecule has 1 fully saturated rings. The van der Waals surface area contributed by atoms with E-state index in [1.807, 2.05) is 30.3 Å². The second kappa shape index (κ2) is 9.84. The Morgan fingerprint density at radius 3 is 2.35 bits per heavy atom. The molecule has 2 N–H and O–H groups in total. The molecule has 0 unspecified atom stereocenters. The van der Waals surface area contributed by atoms with Crippen molar-refractivity contribution in [3.8, 4) is 17.0 Å². The van der Waals surface area contributed by atoms with E-state index < -0.39 is 22.1 Å². The monoisotopic (exact) mass is 551 g/mol. The molecule has 1 aliphatic heterocycles. The summed E-state index contributed by atoms with van der Waals surface area (Å²) in [5.74, 6) is 0.267. The quantitative estimate of drug-likeness (QED) is 0.345. The summed E-state index contributed by atoms with van der Waals surface area (Å²) in [7, 11) is -3.91. The number of alkyl halides is 3. The maximum Gasteiger partial charge on any atom is 0.573 e. The fourth-order valence-electron chi connectivity index (χ4n) is 4.28. The van der Waals surface area contributed by atoms with Crippen LogP contribution in [0.1, 0.15) is 12.8 Å². The molecule has 194 valence electrons. The van der Waals surface area contributed by atoms with E-state index in [0.717, 1.165) is 46.7 Å². The number of benzene rings is 2. The summed E-state index contributed by atoms with van der Waals surface area (Å²) >= 11 is 5.99. The van der Waals surface area contributed by atoms with Crippen molar-refractivity contribution >= 4 is 38.5 Å². The molecule has 3 heterocycles. The molecule has 2 aromatic carbocycles. The first-order valence-electron chi connectivity index (χ1n) is 11.3. The molecular weight excluding hydrogens is 531 g/mol. The molecule has 0 saturated carbocycles. The van der Waals surface area contributed by atoms with E-state index in [9.17, 15) is 21.6 Å². The van der Waals surface area contributed by atoms with Crippen LogP contribution >= 0.6 is 11.6 Å². The lowest BCUT2D eigenvalue weighted by Gasteiger charge is -2.33. The smallest absolute Gasteiger partial charge is 0.406 e. The van der Waals surface area contributed by atoms with Crippen LogP contribution in [0.2, 0.25) is 5.02 Å². The number of hydrogen-bond acceptors (Lipinski definition) is 6. The first-order chi connectivity index (χ1) is 17.6. The fraction of sp³-hybridized carbons (Fsp3) is 0.250. The summed E-state index contributed by atoms with van der Waals surface area (Å²) in [5, 5.41) is 1.50. The van der Waals surface area contributed by atoms with Gasteiger partial charge in [-0.25, -0.2) is 23.1 Å². The number of aromatic amines is 1. The van der Waals surface area contributed by atoms with Gasteiger partial charge in [-0.15, -0.1) is 13.2 Å². The normalized spacial score (nSPS) is 15.3. The number of nitrogens with one attached hydrogen (secondary N) is 2. The van der Waals surface area contributed by atoms with Crippen LogP contribution in [-0.2, 0) is 10.0 Å². The summed E-state index contributed by atoms with van der Waals surface area (Å²) in [4.78, 5) is 14.1. The van der Waals surface area contributed by atoms with Gasteiger partial charge in [0.25, 0.3) is 0 Å². The van der Waals surface area contributed by atoms with Crippen molar-refractivity contribution in [2.75, 3.05) is 18.0 Å². The summed E-state index contributed by atoms with van der Waals surface area (Å²) < 4.78 is 69.0. The highest BCUT2D eigenvalue weighted by Gasteiger charge is 2.31. The van der Waals surface area contributed by atoms with E-state index in [4.69, 9.17) is 11.6 Å². The predicted octanol–water partition coefficient (Wildman–Crippen LogP) is 5.12. The zero-order chi connectivity index (χ0) is 26.2. The third kappa shape index (κ3) is 5.81. The number of sulfonamides is 1. The van der Waals surface area contributed by atoms with Crippen LogP contribution in [0.25, 0.3) is 22.3 Å². The summed E-state index contributed by atoms with van der Waals surface area (Å²) in [5.41, 5.74) is 2.53. The van der Waals surface area contributed by atoms with Gasteiger partial charge in [0.1, 0.15) is 23.5 Å². The van der Waals surface area contributed by atoms with E-state index in [-0.39, 0.29) is 10.9 Å². The van der Waals surface area contributed by atoms with Crippen LogP contribution in [0.5, 0.6) is 5.75 Å². The van der Waals surface area contributed by atoms with Crippen molar-refractivity contribution in [2.45, 2.75) is 30.1 Å². The summed E-state index contributed by atoms with van der Waals surface area (Å²) in [6.07, 6.45) is -2.32. The lowest BCUT2D eigenvalue weighted by atomic mass is 10.1. The van der Waals surface area contributed by atoms with Gasteiger partial charge >= 0.3 is 6.36 Å². The minimum absolute atomic E-state index is 0.135. The molecule has 0 amide bonds. The van der Waals surface area contributed by atoms with Gasteiger partial charge < -0.3 is 14.6 Å². The van der Waals surface area contributed by atoms with Crippen LogP contribution < -0.4 is 14.4 Å². The van der Waals surface area contributed by atoms with Gasteiger partial charge in [-0.05, 0) is 60.9 Å². The number of rotatable bonds is 6. The van der Waals surface area contributed by atoms with Gasteiger partial charge in [-0.1, -0.05) is 23.7 Å². The van der Waals surface area contributed by atoms with Crippen molar-refractivity contribution in [1.29, 1.82) is 0 Å². The van der Waals surface area contributed by atoms with Crippen molar-refractivity contribution in [1.82, 2.24) is 19.7 Å². The Balaban J connectivity index is 1.25. The van der Waals surface area contributed by atoms with Crippen LogP contribution in [0.15, 0.2) is 65.8 Å². The Morgan fingerprint density at radius 2 is 1.70 bits per heavy atom. The minimum Gasteiger partial charge on any atom is -0.406 e. The molecule has 0 bridgehead atoms. The molecule has 0 spiro atoms. The van der Waals surface area contributed by atoms with Gasteiger partial charge in [0.15, 0.2) is 0 Å². The lowest BCUT2D eigenvalue weighted by molar-refractivity contribution is -0.274. The maximum atomic E-state index is 12.8. The number of anilines is 1. The largest absolute Gasteiger partial charge is 0.573 e. The topological polar surface area (TPSA) is 100 Å². The molecule has 5 rings (SSSR count). The molecule has 8 nitrogen and oxygen atoms in total. The number of piperidine rings is 1. The number of nitrogens with zero attached hydrogens (tertiary/aromatic N) is 3. The third-order valence-corrected chi connectivity index (χ3v) is 7.83. The number of fused-ring (bicyclic) bond motifs is 1. The average Bonchev–Trinajstić information content (AvgIpc) is 3.29. The molecule has 0 radical (unpaired) electrons. The Labute approximate surface area is 215 Å². The number of halogens is 4. The van der Waals surface area contributed by atoms with Gasteiger partial charge in [-0.3, -0.25) is 0 Å². The van der Waals surface area contributed by atoms with Gasteiger partial charge in [0.2, 0.25) is 10.0 Å². The highest BCUT2D eigenvalue weighted by Crippen LogP contribution is 2.31. The average molecular weight is 552 g/mol. The molecule has 2 aromatic heterocycles. The first-order valence-corrected chi connectivity index (χ1v) is 13.2. The van der Waals surface area contributed by atoms with E-state index in [2.05, 4.69) is 29.3 Å². The number of hydrogen-bond donors (Lipinski definition) is 2. The highest BCUT2D eigenvalue weighted by molar-refractivity contribution is 7.89. The third-order valence-electron chi connectivity index (χ3n) is 6.04. The van der Waals surface area contributed by atoms with Gasteiger partial charge in [0, 0.05) is 29.8 Å². The molecule has 4 aromatic rings. The van der Waals surface area contributed by atoms with Crippen molar-refractivity contribution in [2.24, 2.45) is 0 Å². The van der Waals surface area contributed by atoms with Crippen molar-refractivity contribution < 1.29 is 26.3 Å². The van der Waals surface area contributed by atoms with Crippen molar-refractivity contribution in [3.63, 3.8) is 0 Å². The SMILES string of the molecule is O=S(=O)(NC1CCN(c2ncnc3[nH]c(-c4ccc(Cl)cc4)cc23)CC1)c1ccc(OC(F)(F)F)cc1. The van der Waals surface area contributed by atoms with Crippen LogP contribution in [0, 0.1) is 0 Å². The molecule has 0 atom stereocenters. The molecular formula is C24H21ClF3N5O3S. The standard InChI is InChI=1S/C24H21ClF3N5O3S/c25-16-3-1-15(2-4-16)21-13-20-22(31-21)29-14-30-23(20)33-11-9-17(10-12-33)32-37(34,35)19-7-5-18(6-8-19)36-24(26,27)28/h1-8,13-14,17,32H,9-12H2,(H,29,30,31). The Kier molecular flexibility index (Phi) is 6.73.